The molecule has 1 N–H and O–H groups in total. The van der Waals surface area contributed by atoms with Crippen LogP contribution in [-0.2, 0) is 19.9 Å². The molecule has 3 heterocycles. The van der Waals surface area contributed by atoms with Gasteiger partial charge in [0.1, 0.15) is 23.5 Å². The molecule has 1 aromatic rings. The van der Waals surface area contributed by atoms with E-state index in [1.807, 2.05) is 9.80 Å². The summed E-state index contributed by atoms with van der Waals surface area (Å²) in [5, 5.41) is 12.2. The van der Waals surface area contributed by atoms with Gasteiger partial charge in [0.25, 0.3) is 0 Å². The Balaban J connectivity index is 1.33. The summed E-state index contributed by atoms with van der Waals surface area (Å²) in [5.74, 6) is -0.605. The number of hydrogen-bond acceptors (Lipinski definition) is 6. The fourth-order valence-electron chi connectivity index (χ4n) is 6.60. The van der Waals surface area contributed by atoms with Gasteiger partial charge in [-0.25, -0.2) is 9.18 Å². The summed E-state index contributed by atoms with van der Waals surface area (Å²) in [4.78, 5) is 45.4. The van der Waals surface area contributed by atoms with Gasteiger partial charge >= 0.3 is 6.09 Å². The molecule has 1 aromatic carbocycles. The molecule has 10 heteroatoms. The van der Waals surface area contributed by atoms with Gasteiger partial charge in [-0.3, -0.25) is 14.5 Å². The second-order valence-electron chi connectivity index (χ2n) is 12.0. The van der Waals surface area contributed by atoms with E-state index in [0.717, 1.165) is 31.2 Å². The molecule has 4 aliphatic rings. The maximum Gasteiger partial charge on any atom is 0.408 e. The highest BCUT2D eigenvalue weighted by Crippen LogP contribution is 2.52. The Morgan fingerprint density at radius 1 is 1.24 bits per heavy atom. The van der Waals surface area contributed by atoms with Gasteiger partial charge in [0.2, 0.25) is 11.8 Å². The molecule has 3 aliphatic heterocycles. The normalized spacial score (nSPS) is 27.1. The molecule has 2 bridgehead atoms. The fraction of sp³-hybridized carbons (Fsp3) is 0.643. The van der Waals surface area contributed by atoms with Crippen LogP contribution in [0.1, 0.15) is 64.9 Å². The maximum absolute atomic E-state index is 13.7. The number of nitrogens with one attached hydrogen (secondary N) is 1. The number of piperazine rings is 1. The predicted octanol–water partition coefficient (Wildman–Crippen LogP) is 2.90. The largest absolute Gasteiger partial charge is 0.444 e. The number of halogens is 1. The number of benzene rings is 1. The summed E-state index contributed by atoms with van der Waals surface area (Å²) in [6.45, 7) is 6.46. The van der Waals surface area contributed by atoms with Crippen molar-refractivity contribution in [2.45, 2.75) is 94.6 Å². The van der Waals surface area contributed by atoms with Crippen molar-refractivity contribution in [3.05, 3.63) is 35.6 Å². The zero-order valence-electron chi connectivity index (χ0n) is 22.3. The van der Waals surface area contributed by atoms with E-state index in [2.05, 4.69) is 11.4 Å². The van der Waals surface area contributed by atoms with E-state index in [1.54, 1.807) is 32.9 Å². The summed E-state index contributed by atoms with van der Waals surface area (Å²) < 4.78 is 19.0. The molecule has 204 valence electrons. The number of alkyl carbamates (subject to hydrolysis) is 1. The van der Waals surface area contributed by atoms with Gasteiger partial charge in [-0.05, 0) is 77.0 Å². The number of likely N-dealkylation sites (tertiary alicyclic amines) is 3. The number of fused-ring (bicyclic) bond motifs is 2. The predicted molar refractivity (Wildman–Crippen MR) is 136 cm³/mol. The van der Waals surface area contributed by atoms with Crippen molar-refractivity contribution in [3.63, 3.8) is 0 Å². The monoisotopic (exact) mass is 525 g/mol. The third-order valence-corrected chi connectivity index (χ3v) is 8.38. The zero-order valence-corrected chi connectivity index (χ0v) is 22.3. The topological polar surface area (TPSA) is 106 Å². The van der Waals surface area contributed by atoms with Crippen LogP contribution in [-0.4, -0.2) is 82.0 Å². The molecule has 0 unspecified atom stereocenters. The minimum atomic E-state index is -0.936. The van der Waals surface area contributed by atoms with Crippen LogP contribution < -0.4 is 5.32 Å². The first-order chi connectivity index (χ1) is 18.0. The summed E-state index contributed by atoms with van der Waals surface area (Å²) in [7, 11) is 0. The molecular weight excluding hydrogens is 489 g/mol. The second-order valence-corrected chi connectivity index (χ2v) is 12.0. The van der Waals surface area contributed by atoms with Gasteiger partial charge in [0, 0.05) is 25.7 Å². The van der Waals surface area contributed by atoms with E-state index >= 15 is 0 Å². The van der Waals surface area contributed by atoms with Gasteiger partial charge < -0.3 is 19.9 Å². The number of carbonyl (C=O) groups is 3. The zero-order chi connectivity index (χ0) is 27.2. The van der Waals surface area contributed by atoms with Crippen molar-refractivity contribution in [1.29, 1.82) is 5.26 Å². The molecule has 3 saturated heterocycles. The van der Waals surface area contributed by atoms with Crippen LogP contribution in [0, 0.1) is 17.1 Å². The highest BCUT2D eigenvalue weighted by atomic mass is 19.1. The summed E-state index contributed by atoms with van der Waals surface area (Å²) >= 11 is 0. The number of hydrogen-bond donors (Lipinski definition) is 1. The van der Waals surface area contributed by atoms with Crippen molar-refractivity contribution in [3.8, 4) is 6.07 Å². The van der Waals surface area contributed by atoms with Crippen LogP contribution in [0.5, 0.6) is 0 Å². The third-order valence-electron chi connectivity index (χ3n) is 8.38. The van der Waals surface area contributed by atoms with Crippen LogP contribution in [0.15, 0.2) is 24.3 Å². The lowest BCUT2D eigenvalue weighted by atomic mass is 9.70. The van der Waals surface area contributed by atoms with E-state index in [1.165, 1.54) is 17.0 Å². The fourth-order valence-corrected chi connectivity index (χ4v) is 6.60. The number of ether oxygens (including phenoxy) is 1. The lowest BCUT2D eigenvalue weighted by Gasteiger charge is -2.53. The second kappa shape index (κ2) is 9.84. The highest BCUT2D eigenvalue weighted by Gasteiger charge is 2.59. The molecule has 0 spiro atoms. The van der Waals surface area contributed by atoms with Crippen LogP contribution >= 0.6 is 0 Å². The first kappa shape index (κ1) is 26.4. The molecule has 38 heavy (non-hydrogen) atoms. The van der Waals surface area contributed by atoms with Gasteiger partial charge in [-0.2, -0.15) is 5.26 Å². The maximum atomic E-state index is 13.7. The average molecular weight is 526 g/mol. The Morgan fingerprint density at radius 3 is 2.53 bits per heavy atom. The molecule has 1 saturated carbocycles. The first-order valence-electron chi connectivity index (χ1n) is 13.6. The highest BCUT2D eigenvalue weighted by molar-refractivity contribution is 5.88. The van der Waals surface area contributed by atoms with Crippen LogP contribution in [0.25, 0.3) is 0 Å². The first-order valence-corrected chi connectivity index (χ1v) is 13.6. The summed E-state index contributed by atoms with van der Waals surface area (Å²) in [5.41, 5.74) is -0.175. The lowest BCUT2D eigenvalue weighted by molar-refractivity contribution is -0.150. The molecule has 9 nitrogen and oxygen atoms in total. The number of rotatable bonds is 6. The van der Waals surface area contributed by atoms with E-state index in [4.69, 9.17) is 4.74 Å². The lowest BCUT2D eigenvalue weighted by Crippen LogP contribution is -2.63. The standard InChI is InChI=1S/C28H36FN5O4/c1-27(2,3)38-26(37)31-22(24(35)33-13-4-6-20(33)15-30)17-32-16-21-14-23(32)25(36)34(21)28(11-5-12-28)18-7-9-19(29)10-8-18/h7-10,20-23H,4-6,11-14,16-17H2,1-3H3,(H,31,37)/t20-,21+,22-,23+/m0/s1. The van der Waals surface area contributed by atoms with E-state index in [9.17, 15) is 24.0 Å². The number of nitriles is 1. The smallest absolute Gasteiger partial charge is 0.408 e. The molecule has 4 fully saturated rings. The third kappa shape index (κ3) is 4.73. The van der Waals surface area contributed by atoms with Crippen molar-refractivity contribution < 1.29 is 23.5 Å². The SMILES string of the molecule is CC(C)(C)OC(=O)N[C@@H](CN1C[C@H]2C[C@@H]1C(=O)N2C1(c2ccc(F)cc2)CCC1)C(=O)N1CCC[C@H]1C#N. The van der Waals surface area contributed by atoms with Gasteiger partial charge in [0.05, 0.1) is 17.6 Å². The summed E-state index contributed by atoms with van der Waals surface area (Å²) in [6, 6.07) is 6.79. The Morgan fingerprint density at radius 2 is 1.95 bits per heavy atom. The minimum absolute atomic E-state index is 0.0183. The van der Waals surface area contributed by atoms with Crippen molar-refractivity contribution >= 4 is 17.9 Å². The van der Waals surface area contributed by atoms with Crippen molar-refractivity contribution in [2.24, 2.45) is 0 Å². The Hall–Kier alpha value is -3.19. The average Bonchev–Trinajstić information content (AvgIpc) is 3.53. The van der Waals surface area contributed by atoms with Crippen molar-refractivity contribution in [2.75, 3.05) is 19.6 Å². The van der Waals surface area contributed by atoms with Gasteiger partial charge in [-0.15, -0.1) is 0 Å². The molecule has 1 aliphatic carbocycles. The molecular formula is C28H36FN5O4. The molecule has 4 atom stereocenters. The Labute approximate surface area is 222 Å². The van der Waals surface area contributed by atoms with E-state index < -0.39 is 29.3 Å². The van der Waals surface area contributed by atoms with Crippen molar-refractivity contribution in [1.82, 2.24) is 20.0 Å². The molecule has 3 amide bonds. The molecule has 5 rings (SSSR count). The molecule has 0 aromatic heterocycles. The Bertz CT molecular complexity index is 1140. The van der Waals surface area contributed by atoms with Gasteiger partial charge in [-0.1, -0.05) is 12.1 Å². The quantitative estimate of drug-likeness (QED) is 0.612. The molecule has 0 radical (unpaired) electrons. The van der Waals surface area contributed by atoms with Crippen LogP contribution in [0.4, 0.5) is 9.18 Å². The summed E-state index contributed by atoms with van der Waals surface area (Å²) in [6.07, 6.45) is 3.99. The van der Waals surface area contributed by atoms with Crippen LogP contribution in [0.3, 0.4) is 0 Å². The van der Waals surface area contributed by atoms with E-state index in [0.29, 0.717) is 25.9 Å². The van der Waals surface area contributed by atoms with Gasteiger partial charge in [0.15, 0.2) is 0 Å². The number of amides is 3. The van der Waals surface area contributed by atoms with E-state index in [-0.39, 0.29) is 36.3 Å². The number of carbonyl (C=O) groups excluding carboxylic acids is 3. The Kier molecular flexibility index (Phi) is 6.84. The van der Waals surface area contributed by atoms with Crippen LogP contribution in [0.2, 0.25) is 0 Å². The number of nitrogens with zero attached hydrogens (tertiary/aromatic N) is 4. The minimum Gasteiger partial charge on any atom is -0.444 e.